The fourth-order valence-electron chi connectivity index (χ4n) is 1.87. The molecule has 102 valence electrons. The molecule has 2 aromatic rings. The van der Waals surface area contributed by atoms with E-state index in [4.69, 9.17) is 4.98 Å². The molecule has 0 radical (unpaired) electrons. The molecule has 0 amide bonds. The number of benzene rings is 1. The summed E-state index contributed by atoms with van der Waals surface area (Å²) in [6.45, 7) is 11.4. The van der Waals surface area contributed by atoms with Crippen molar-refractivity contribution in [2.24, 2.45) is 0 Å². The quantitative estimate of drug-likeness (QED) is 0.882. The Kier molecular flexibility index (Phi) is 3.76. The van der Waals surface area contributed by atoms with E-state index in [0.717, 1.165) is 29.3 Å². The van der Waals surface area contributed by atoms with Crippen molar-refractivity contribution >= 4 is 0 Å². The zero-order valence-corrected chi connectivity index (χ0v) is 12.5. The summed E-state index contributed by atoms with van der Waals surface area (Å²) in [5.41, 5.74) is 4.73. The summed E-state index contributed by atoms with van der Waals surface area (Å²) in [7, 11) is 0. The summed E-state index contributed by atoms with van der Waals surface area (Å²) < 4.78 is 0. The van der Waals surface area contributed by atoms with Gasteiger partial charge in [0.2, 0.25) is 0 Å². The lowest BCUT2D eigenvalue weighted by molar-refractivity contribution is 0.421. The van der Waals surface area contributed by atoms with Crippen molar-refractivity contribution in [1.82, 2.24) is 15.3 Å². The number of hydrogen-bond acceptors (Lipinski definition) is 2. The molecule has 0 unspecified atom stereocenters. The minimum Gasteiger partial charge on any atom is -0.342 e. The highest BCUT2D eigenvalue weighted by atomic mass is 15.0. The van der Waals surface area contributed by atoms with E-state index in [2.05, 4.69) is 69.2 Å². The summed E-state index contributed by atoms with van der Waals surface area (Å²) in [4.78, 5) is 8.06. The Morgan fingerprint density at radius 3 is 2.32 bits per heavy atom. The zero-order chi connectivity index (χ0) is 14.0. The van der Waals surface area contributed by atoms with E-state index >= 15 is 0 Å². The first kappa shape index (κ1) is 13.8. The van der Waals surface area contributed by atoms with Gasteiger partial charge in [-0.3, -0.25) is 0 Å². The number of aromatic nitrogens is 2. The maximum atomic E-state index is 4.69. The van der Waals surface area contributed by atoms with Crippen LogP contribution in [0.3, 0.4) is 0 Å². The van der Waals surface area contributed by atoms with Crippen LogP contribution in [0, 0.1) is 13.8 Å². The maximum absolute atomic E-state index is 4.69. The molecule has 0 spiro atoms. The highest BCUT2D eigenvalue weighted by molar-refractivity contribution is 5.56. The minimum atomic E-state index is 0.107. The van der Waals surface area contributed by atoms with Crippen LogP contribution in [0.25, 0.3) is 11.4 Å². The Morgan fingerprint density at radius 2 is 1.74 bits per heavy atom. The molecule has 1 aromatic carbocycles. The van der Waals surface area contributed by atoms with Crippen LogP contribution >= 0.6 is 0 Å². The van der Waals surface area contributed by atoms with Crippen molar-refractivity contribution in [2.45, 2.75) is 46.7 Å². The number of hydrogen-bond donors (Lipinski definition) is 2. The molecule has 0 aliphatic heterocycles. The predicted molar refractivity (Wildman–Crippen MR) is 80.1 cm³/mol. The molecule has 0 aliphatic rings. The van der Waals surface area contributed by atoms with Crippen LogP contribution in [-0.2, 0) is 6.54 Å². The van der Waals surface area contributed by atoms with Crippen molar-refractivity contribution in [3.05, 3.63) is 41.2 Å². The molecule has 0 aliphatic carbocycles. The van der Waals surface area contributed by atoms with Gasteiger partial charge < -0.3 is 10.3 Å². The smallest absolute Gasteiger partial charge is 0.137 e. The van der Waals surface area contributed by atoms with Crippen LogP contribution in [0.1, 0.15) is 37.7 Å². The highest BCUT2D eigenvalue weighted by Gasteiger charge is 2.12. The largest absolute Gasteiger partial charge is 0.342 e. The Balaban J connectivity index is 2.19. The average molecular weight is 257 g/mol. The van der Waals surface area contributed by atoms with E-state index in [0.29, 0.717) is 0 Å². The van der Waals surface area contributed by atoms with Crippen LogP contribution in [0.15, 0.2) is 24.3 Å². The molecular formula is C16H23N3. The monoisotopic (exact) mass is 257 g/mol. The molecule has 3 nitrogen and oxygen atoms in total. The number of rotatable bonds is 3. The summed E-state index contributed by atoms with van der Waals surface area (Å²) >= 11 is 0. The third-order valence-electron chi connectivity index (χ3n) is 3.10. The van der Waals surface area contributed by atoms with E-state index < -0.39 is 0 Å². The molecule has 2 N–H and O–H groups in total. The SMILES string of the molecule is Cc1ccc(-c2nc(CNC(C)(C)C)c(C)[nH]2)cc1. The van der Waals surface area contributed by atoms with Gasteiger partial charge in [0.15, 0.2) is 0 Å². The van der Waals surface area contributed by atoms with Crippen LogP contribution in [0.2, 0.25) is 0 Å². The molecule has 3 heteroatoms. The average Bonchev–Trinajstić information content (AvgIpc) is 2.68. The van der Waals surface area contributed by atoms with Crippen molar-refractivity contribution in [1.29, 1.82) is 0 Å². The lowest BCUT2D eigenvalue weighted by Crippen LogP contribution is -2.35. The normalized spacial score (nSPS) is 11.8. The van der Waals surface area contributed by atoms with Gasteiger partial charge in [0.25, 0.3) is 0 Å². The van der Waals surface area contributed by atoms with Gasteiger partial charge in [-0.25, -0.2) is 4.98 Å². The van der Waals surface area contributed by atoms with Crippen LogP contribution in [-0.4, -0.2) is 15.5 Å². The van der Waals surface area contributed by atoms with Gasteiger partial charge in [-0.1, -0.05) is 29.8 Å². The number of H-pyrrole nitrogens is 1. The van der Waals surface area contributed by atoms with Crippen LogP contribution in [0.4, 0.5) is 0 Å². The Bertz CT molecular complexity index is 544. The lowest BCUT2D eigenvalue weighted by Gasteiger charge is -2.19. The van der Waals surface area contributed by atoms with Crippen molar-refractivity contribution in [2.75, 3.05) is 0 Å². The summed E-state index contributed by atoms with van der Waals surface area (Å²) in [5, 5.41) is 3.47. The first-order chi connectivity index (χ1) is 8.85. The van der Waals surface area contributed by atoms with Crippen molar-refractivity contribution < 1.29 is 0 Å². The molecule has 1 aromatic heterocycles. The highest BCUT2D eigenvalue weighted by Crippen LogP contribution is 2.18. The molecule has 0 bridgehead atoms. The number of aromatic amines is 1. The van der Waals surface area contributed by atoms with E-state index in [1.165, 1.54) is 5.56 Å². The van der Waals surface area contributed by atoms with E-state index in [1.807, 2.05) is 0 Å². The van der Waals surface area contributed by atoms with Crippen LogP contribution in [0.5, 0.6) is 0 Å². The van der Waals surface area contributed by atoms with Crippen molar-refractivity contribution in [3.63, 3.8) is 0 Å². The predicted octanol–water partition coefficient (Wildman–Crippen LogP) is 3.58. The molecule has 19 heavy (non-hydrogen) atoms. The second kappa shape index (κ2) is 5.17. The van der Waals surface area contributed by atoms with Gasteiger partial charge in [0.05, 0.1) is 5.69 Å². The number of nitrogens with zero attached hydrogens (tertiary/aromatic N) is 1. The van der Waals surface area contributed by atoms with Gasteiger partial charge in [-0.2, -0.15) is 0 Å². The van der Waals surface area contributed by atoms with E-state index in [1.54, 1.807) is 0 Å². The summed E-state index contributed by atoms with van der Waals surface area (Å²) in [5.74, 6) is 0.947. The zero-order valence-electron chi connectivity index (χ0n) is 12.5. The van der Waals surface area contributed by atoms with Gasteiger partial charge in [-0.15, -0.1) is 0 Å². The van der Waals surface area contributed by atoms with Gasteiger partial charge in [0.1, 0.15) is 5.82 Å². The fraction of sp³-hybridized carbons (Fsp3) is 0.438. The van der Waals surface area contributed by atoms with Gasteiger partial charge >= 0.3 is 0 Å². The molecule has 0 atom stereocenters. The molecule has 0 saturated heterocycles. The number of aryl methyl sites for hydroxylation is 2. The molecule has 1 heterocycles. The fourth-order valence-corrected chi connectivity index (χ4v) is 1.87. The summed E-state index contributed by atoms with van der Waals surface area (Å²) in [6, 6.07) is 8.43. The van der Waals surface area contributed by atoms with Crippen molar-refractivity contribution in [3.8, 4) is 11.4 Å². The van der Waals surface area contributed by atoms with E-state index in [-0.39, 0.29) is 5.54 Å². The standard InChI is InChI=1S/C16H23N3/c1-11-6-8-13(9-7-11)15-18-12(2)14(19-15)10-17-16(3,4)5/h6-9,17H,10H2,1-5H3,(H,18,19). The Hall–Kier alpha value is -1.61. The topological polar surface area (TPSA) is 40.7 Å². The molecular weight excluding hydrogens is 234 g/mol. The molecule has 0 fully saturated rings. The lowest BCUT2D eigenvalue weighted by atomic mass is 10.1. The maximum Gasteiger partial charge on any atom is 0.137 e. The molecule has 0 saturated carbocycles. The Morgan fingerprint density at radius 1 is 1.11 bits per heavy atom. The first-order valence-corrected chi connectivity index (χ1v) is 6.73. The van der Waals surface area contributed by atoms with Gasteiger partial charge in [-0.05, 0) is 34.6 Å². The number of nitrogens with one attached hydrogen (secondary N) is 2. The Labute approximate surface area is 115 Å². The third-order valence-corrected chi connectivity index (χ3v) is 3.10. The minimum absolute atomic E-state index is 0.107. The van der Waals surface area contributed by atoms with E-state index in [9.17, 15) is 0 Å². The summed E-state index contributed by atoms with van der Waals surface area (Å²) in [6.07, 6.45) is 0. The van der Waals surface area contributed by atoms with Crippen LogP contribution < -0.4 is 5.32 Å². The number of imidazole rings is 1. The second-order valence-electron chi connectivity index (χ2n) is 6.13. The first-order valence-electron chi connectivity index (χ1n) is 6.73. The van der Waals surface area contributed by atoms with Gasteiger partial charge in [0, 0.05) is 23.3 Å². The third kappa shape index (κ3) is 3.67. The molecule has 2 rings (SSSR count). The second-order valence-corrected chi connectivity index (χ2v) is 6.13.